The van der Waals surface area contributed by atoms with Crippen LogP contribution >= 0.6 is 0 Å². The van der Waals surface area contributed by atoms with Crippen LogP contribution in [0.5, 0.6) is 5.88 Å². The van der Waals surface area contributed by atoms with Crippen LogP contribution < -0.4 is 10.1 Å². The molecule has 0 fully saturated rings. The lowest BCUT2D eigenvalue weighted by atomic mass is 9.93. The van der Waals surface area contributed by atoms with Crippen molar-refractivity contribution in [1.29, 1.82) is 0 Å². The molecule has 0 bridgehead atoms. The molecule has 5 nitrogen and oxygen atoms in total. The molecule has 0 aliphatic carbocycles. The number of hydrogen-bond acceptors (Lipinski definition) is 4. The lowest BCUT2D eigenvalue weighted by Gasteiger charge is -2.30. The normalized spacial score (nSPS) is 13.7. The number of carbonyl (C=O) groups is 1. The van der Waals surface area contributed by atoms with Crippen molar-refractivity contribution < 1.29 is 14.3 Å². The minimum Gasteiger partial charge on any atom is -0.478 e. The molecule has 1 rings (SSSR count). The van der Waals surface area contributed by atoms with E-state index in [-0.39, 0.29) is 5.91 Å². The van der Waals surface area contributed by atoms with Gasteiger partial charge in [-0.3, -0.25) is 4.79 Å². The summed E-state index contributed by atoms with van der Waals surface area (Å²) in [6.45, 7) is 13.0. The summed E-state index contributed by atoms with van der Waals surface area (Å²) in [4.78, 5) is 17.0. The van der Waals surface area contributed by atoms with Crippen LogP contribution in [0.15, 0.2) is 12.3 Å². The maximum absolute atomic E-state index is 12.7. The van der Waals surface area contributed by atoms with Gasteiger partial charge < -0.3 is 14.8 Å². The molecule has 1 amide bonds. The van der Waals surface area contributed by atoms with Gasteiger partial charge in [0.1, 0.15) is 5.60 Å². The third-order valence-corrected chi connectivity index (χ3v) is 3.47. The van der Waals surface area contributed by atoms with Crippen LogP contribution in [-0.4, -0.2) is 29.7 Å². The first-order valence-electron chi connectivity index (χ1n) is 8.37. The summed E-state index contributed by atoms with van der Waals surface area (Å²) in [6, 6.07) is 1.87. The highest BCUT2D eigenvalue weighted by atomic mass is 16.5. The molecule has 5 heteroatoms. The molecule has 0 spiro atoms. The standard InChI is InChI=1S/C18H30N2O3/c1-7-9-23-18(6,11-13(3)4)17(21)20-15-10-14(5)16(19-12-15)22-8-2/h10,12-13H,7-9,11H2,1-6H3,(H,20,21). The SMILES string of the molecule is CCCOC(C)(CC(C)C)C(=O)Nc1cnc(OCC)c(C)c1. The number of rotatable bonds is 9. The summed E-state index contributed by atoms with van der Waals surface area (Å²) >= 11 is 0. The smallest absolute Gasteiger partial charge is 0.256 e. The second-order valence-corrected chi connectivity index (χ2v) is 6.41. The lowest BCUT2D eigenvalue weighted by molar-refractivity contribution is -0.141. The Morgan fingerprint density at radius 3 is 2.61 bits per heavy atom. The molecule has 0 aliphatic heterocycles. The maximum atomic E-state index is 12.7. The van der Waals surface area contributed by atoms with E-state index in [4.69, 9.17) is 9.47 Å². The summed E-state index contributed by atoms with van der Waals surface area (Å²) in [5.41, 5.74) is 0.715. The Kier molecular flexibility index (Phi) is 7.49. The van der Waals surface area contributed by atoms with Gasteiger partial charge in [-0.2, -0.15) is 0 Å². The van der Waals surface area contributed by atoms with Crippen molar-refractivity contribution in [3.05, 3.63) is 17.8 Å². The average molecular weight is 322 g/mol. The fourth-order valence-electron chi connectivity index (χ4n) is 2.51. The molecule has 0 saturated heterocycles. The van der Waals surface area contributed by atoms with Gasteiger partial charge in [0.25, 0.3) is 5.91 Å². The highest BCUT2D eigenvalue weighted by Gasteiger charge is 2.35. The Hall–Kier alpha value is -1.62. The highest BCUT2D eigenvalue weighted by molar-refractivity contribution is 5.97. The Bertz CT molecular complexity index is 517. The van der Waals surface area contributed by atoms with Gasteiger partial charge in [0, 0.05) is 12.2 Å². The maximum Gasteiger partial charge on any atom is 0.256 e. The third kappa shape index (κ3) is 5.82. The van der Waals surface area contributed by atoms with Crippen molar-refractivity contribution in [3.63, 3.8) is 0 Å². The Morgan fingerprint density at radius 1 is 1.39 bits per heavy atom. The van der Waals surface area contributed by atoms with E-state index in [2.05, 4.69) is 24.1 Å². The summed E-state index contributed by atoms with van der Waals surface area (Å²) < 4.78 is 11.3. The molecule has 1 heterocycles. The summed E-state index contributed by atoms with van der Waals surface area (Å²) in [7, 11) is 0. The predicted molar refractivity (Wildman–Crippen MR) is 92.9 cm³/mol. The van der Waals surface area contributed by atoms with Gasteiger partial charge in [-0.25, -0.2) is 4.98 Å². The van der Waals surface area contributed by atoms with Gasteiger partial charge >= 0.3 is 0 Å². The van der Waals surface area contributed by atoms with Crippen molar-refractivity contribution in [2.75, 3.05) is 18.5 Å². The molecule has 1 aromatic heterocycles. The van der Waals surface area contributed by atoms with Crippen LogP contribution in [0.2, 0.25) is 0 Å². The van der Waals surface area contributed by atoms with Crippen LogP contribution in [0.25, 0.3) is 0 Å². The molecule has 1 N–H and O–H groups in total. The monoisotopic (exact) mass is 322 g/mol. The minimum atomic E-state index is -0.837. The molecule has 0 radical (unpaired) electrons. The highest BCUT2D eigenvalue weighted by Crippen LogP contribution is 2.25. The quantitative estimate of drug-likeness (QED) is 0.747. The number of anilines is 1. The average Bonchev–Trinajstić information content (AvgIpc) is 2.47. The number of amides is 1. The lowest BCUT2D eigenvalue weighted by Crippen LogP contribution is -2.44. The molecule has 1 aromatic rings. The van der Waals surface area contributed by atoms with Crippen molar-refractivity contribution in [1.82, 2.24) is 4.98 Å². The van der Waals surface area contributed by atoms with Gasteiger partial charge in [0.15, 0.2) is 0 Å². The number of nitrogens with zero attached hydrogens (tertiary/aromatic N) is 1. The molecule has 1 atom stereocenters. The molecular weight excluding hydrogens is 292 g/mol. The van der Waals surface area contributed by atoms with E-state index in [0.717, 1.165) is 12.0 Å². The Morgan fingerprint density at radius 2 is 2.09 bits per heavy atom. The predicted octanol–water partition coefficient (Wildman–Crippen LogP) is 3.96. The van der Waals surface area contributed by atoms with E-state index in [9.17, 15) is 4.79 Å². The molecule has 0 saturated carbocycles. The number of nitrogens with one attached hydrogen (secondary N) is 1. The second kappa shape index (κ2) is 8.87. The van der Waals surface area contributed by atoms with Crippen molar-refractivity contribution in [3.8, 4) is 5.88 Å². The van der Waals surface area contributed by atoms with Gasteiger partial charge in [0.2, 0.25) is 5.88 Å². The first kappa shape index (κ1) is 19.4. The van der Waals surface area contributed by atoms with E-state index < -0.39 is 5.60 Å². The number of carbonyl (C=O) groups excluding carboxylic acids is 1. The molecule has 130 valence electrons. The number of hydrogen-bond donors (Lipinski definition) is 1. The number of pyridine rings is 1. The Labute approximate surface area is 139 Å². The van der Waals surface area contributed by atoms with E-state index in [1.807, 2.05) is 33.8 Å². The van der Waals surface area contributed by atoms with Gasteiger partial charge in [-0.15, -0.1) is 0 Å². The third-order valence-electron chi connectivity index (χ3n) is 3.47. The number of aryl methyl sites for hydroxylation is 1. The van der Waals surface area contributed by atoms with Crippen molar-refractivity contribution in [2.24, 2.45) is 5.92 Å². The topological polar surface area (TPSA) is 60.5 Å². The summed E-state index contributed by atoms with van der Waals surface area (Å²) in [5.74, 6) is 0.825. The van der Waals surface area contributed by atoms with Gasteiger partial charge in [0.05, 0.1) is 18.5 Å². The number of aromatic nitrogens is 1. The van der Waals surface area contributed by atoms with Crippen LogP contribution in [0.1, 0.15) is 53.0 Å². The fraction of sp³-hybridized carbons (Fsp3) is 0.667. The summed E-state index contributed by atoms with van der Waals surface area (Å²) in [5, 5.41) is 2.92. The van der Waals surface area contributed by atoms with Crippen LogP contribution in [0.4, 0.5) is 5.69 Å². The van der Waals surface area contributed by atoms with E-state index in [1.165, 1.54) is 0 Å². The van der Waals surface area contributed by atoms with E-state index in [0.29, 0.717) is 37.1 Å². The van der Waals surface area contributed by atoms with E-state index >= 15 is 0 Å². The summed E-state index contributed by atoms with van der Waals surface area (Å²) in [6.07, 6.45) is 3.17. The first-order valence-corrected chi connectivity index (χ1v) is 8.37. The van der Waals surface area contributed by atoms with E-state index in [1.54, 1.807) is 6.20 Å². The van der Waals surface area contributed by atoms with Gasteiger partial charge in [-0.1, -0.05) is 20.8 Å². The van der Waals surface area contributed by atoms with Crippen LogP contribution in [0.3, 0.4) is 0 Å². The van der Waals surface area contributed by atoms with Crippen molar-refractivity contribution in [2.45, 2.75) is 60.0 Å². The fourth-order valence-corrected chi connectivity index (χ4v) is 2.51. The van der Waals surface area contributed by atoms with Gasteiger partial charge in [-0.05, 0) is 45.6 Å². The first-order chi connectivity index (χ1) is 10.8. The number of ether oxygens (including phenoxy) is 2. The zero-order valence-electron chi connectivity index (χ0n) is 15.2. The van der Waals surface area contributed by atoms with Crippen LogP contribution in [-0.2, 0) is 9.53 Å². The van der Waals surface area contributed by atoms with Crippen LogP contribution in [0, 0.1) is 12.8 Å². The molecule has 1 unspecified atom stereocenters. The zero-order valence-corrected chi connectivity index (χ0v) is 15.2. The zero-order chi connectivity index (χ0) is 17.5. The molecule has 23 heavy (non-hydrogen) atoms. The Balaban J connectivity index is 2.87. The molecule has 0 aliphatic rings. The molecule has 0 aromatic carbocycles. The second-order valence-electron chi connectivity index (χ2n) is 6.41. The minimum absolute atomic E-state index is 0.134. The van der Waals surface area contributed by atoms with Crippen molar-refractivity contribution >= 4 is 11.6 Å². The molecular formula is C18H30N2O3. The largest absolute Gasteiger partial charge is 0.478 e.